The van der Waals surface area contributed by atoms with E-state index in [0.717, 1.165) is 0 Å². The minimum absolute atomic E-state index is 0.700. The fourth-order valence-corrected chi connectivity index (χ4v) is 1.22. The minimum Gasteiger partial charge on any atom is -0.261 e. The molecule has 0 aliphatic heterocycles. The summed E-state index contributed by atoms with van der Waals surface area (Å²) >= 11 is 0. The molecule has 2 rings (SSSR count). The van der Waals surface area contributed by atoms with E-state index in [4.69, 9.17) is 0 Å². The molecule has 0 bridgehead atoms. The first kappa shape index (κ1) is 12.0. The fraction of sp³-hybridized carbons (Fsp3) is 0.167. The average molecular weight is 240 g/mol. The molecule has 0 aromatic carbocycles. The van der Waals surface area contributed by atoms with Crippen LogP contribution in [0.3, 0.4) is 0 Å². The SMILES string of the molecule is CC(=NN=C(C)c1cnccn1)c1cnccn1. The zero-order valence-corrected chi connectivity index (χ0v) is 10.1. The maximum Gasteiger partial charge on any atom is 0.104 e. The van der Waals surface area contributed by atoms with E-state index in [1.807, 2.05) is 13.8 Å². The van der Waals surface area contributed by atoms with Crippen LogP contribution in [-0.4, -0.2) is 31.4 Å². The van der Waals surface area contributed by atoms with Crippen LogP contribution in [0, 0.1) is 0 Å². The number of hydrogen-bond donors (Lipinski definition) is 0. The lowest BCUT2D eigenvalue weighted by molar-refractivity contribution is 1.13. The molecule has 0 fully saturated rings. The molecule has 0 saturated carbocycles. The Hall–Kier alpha value is -2.50. The van der Waals surface area contributed by atoms with Gasteiger partial charge in [-0.25, -0.2) is 0 Å². The Morgan fingerprint density at radius 3 is 1.56 bits per heavy atom. The van der Waals surface area contributed by atoms with Gasteiger partial charge >= 0.3 is 0 Å². The standard InChI is InChI=1S/C12H12N6/c1-9(11-7-13-3-5-15-11)17-18-10(2)12-8-14-4-6-16-12/h3-8H,1-2H3. The summed E-state index contributed by atoms with van der Waals surface area (Å²) in [6.45, 7) is 3.66. The number of rotatable bonds is 3. The predicted molar refractivity (Wildman–Crippen MR) is 68.5 cm³/mol. The van der Waals surface area contributed by atoms with E-state index in [2.05, 4.69) is 30.1 Å². The third-order valence-corrected chi connectivity index (χ3v) is 2.22. The summed E-state index contributed by atoms with van der Waals surface area (Å²) in [5.41, 5.74) is 2.80. The molecule has 0 amide bonds. The van der Waals surface area contributed by atoms with E-state index >= 15 is 0 Å². The first-order valence-electron chi connectivity index (χ1n) is 5.39. The minimum atomic E-state index is 0.700. The summed E-state index contributed by atoms with van der Waals surface area (Å²) in [6.07, 6.45) is 9.76. The highest BCUT2D eigenvalue weighted by Crippen LogP contribution is 1.98. The Morgan fingerprint density at radius 1 is 0.778 bits per heavy atom. The van der Waals surface area contributed by atoms with Gasteiger partial charge in [0.25, 0.3) is 0 Å². The van der Waals surface area contributed by atoms with Crippen molar-refractivity contribution < 1.29 is 0 Å². The summed E-state index contributed by atoms with van der Waals surface area (Å²) in [5, 5.41) is 8.21. The van der Waals surface area contributed by atoms with Crippen LogP contribution >= 0.6 is 0 Å². The third-order valence-electron chi connectivity index (χ3n) is 2.22. The Kier molecular flexibility index (Phi) is 3.80. The zero-order chi connectivity index (χ0) is 12.8. The molecule has 6 nitrogen and oxygen atoms in total. The van der Waals surface area contributed by atoms with E-state index in [1.165, 1.54) is 0 Å². The van der Waals surface area contributed by atoms with Crippen molar-refractivity contribution in [3.63, 3.8) is 0 Å². The summed E-state index contributed by atoms with van der Waals surface area (Å²) in [6, 6.07) is 0. The van der Waals surface area contributed by atoms with Crippen molar-refractivity contribution in [3.8, 4) is 0 Å². The lowest BCUT2D eigenvalue weighted by atomic mass is 10.3. The van der Waals surface area contributed by atoms with Crippen molar-refractivity contribution in [2.75, 3.05) is 0 Å². The van der Waals surface area contributed by atoms with Crippen molar-refractivity contribution in [2.45, 2.75) is 13.8 Å². The van der Waals surface area contributed by atoms with Gasteiger partial charge in [0.05, 0.1) is 23.8 Å². The molecule has 0 spiro atoms. The van der Waals surface area contributed by atoms with Gasteiger partial charge in [0.2, 0.25) is 0 Å². The molecule has 0 unspecified atom stereocenters. The predicted octanol–water partition coefficient (Wildman–Crippen LogP) is 1.50. The molecule has 18 heavy (non-hydrogen) atoms. The first-order chi connectivity index (χ1) is 8.77. The summed E-state index contributed by atoms with van der Waals surface area (Å²) in [4.78, 5) is 16.2. The van der Waals surface area contributed by atoms with E-state index in [9.17, 15) is 0 Å². The molecule has 0 saturated heterocycles. The molecule has 0 N–H and O–H groups in total. The average Bonchev–Trinajstić information content (AvgIpc) is 2.46. The van der Waals surface area contributed by atoms with Gasteiger partial charge in [0, 0.05) is 24.8 Å². The second-order valence-electron chi connectivity index (χ2n) is 3.55. The summed E-state index contributed by atoms with van der Waals surface area (Å²) in [7, 11) is 0. The van der Waals surface area contributed by atoms with Crippen LogP contribution in [0.25, 0.3) is 0 Å². The van der Waals surface area contributed by atoms with Crippen LogP contribution in [0.5, 0.6) is 0 Å². The number of nitrogens with zero attached hydrogens (tertiary/aromatic N) is 6. The largest absolute Gasteiger partial charge is 0.261 e. The molecule has 90 valence electrons. The maximum absolute atomic E-state index is 4.14. The van der Waals surface area contributed by atoms with Crippen molar-refractivity contribution >= 4 is 11.4 Å². The maximum atomic E-state index is 4.14. The molecule has 6 heteroatoms. The lowest BCUT2D eigenvalue weighted by Gasteiger charge is -1.97. The van der Waals surface area contributed by atoms with Gasteiger partial charge in [0.1, 0.15) is 11.4 Å². The third kappa shape index (κ3) is 3.00. The topological polar surface area (TPSA) is 76.3 Å². The Morgan fingerprint density at radius 2 is 1.22 bits per heavy atom. The molecule has 0 aliphatic rings. The summed E-state index contributed by atoms with van der Waals surface area (Å²) in [5.74, 6) is 0. The molecule has 0 aliphatic carbocycles. The van der Waals surface area contributed by atoms with Crippen molar-refractivity contribution in [2.24, 2.45) is 10.2 Å². The van der Waals surface area contributed by atoms with Crippen LogP contribution < -0.4 is 0 Å². The molecule has 0 atom stereocenters. The van der Waals surface area contributed by atoms with E-state index in [1.54, 1.807) is 37.2 Å². The van der Waals surface area contributed by atoms with Crippen LogP contribution in [-0.2, 0) is 0 Å². The molecule has 2 aromatic rings. The van der Waals surface area contributed by atoms with Crippen LogP contribution in [0.2, 0.25) is 0 Å². The molecule has 2 aromatic heterocycles. The van der Waals surface area contributed by atoms with Crippen molar-refractivity contribution in [3.05, 3.63) is 48.6 Å². The monoisotopic (exact) mass is 240 g/mol. The number of aromatic nitrogens is 4. The lowest BCUT2D eigenvalue weighted by Crippen LogP contribution is -2.01. The van der Waals surface area contributed by atoms with E-state index in [-0.39, 0.29) is 0 Å². The highest BCUT2D eigenvalue weighted by molar-refractivity contribution is 5.99. The van der Waals surface area contributed by atoms with Gasteiger partial charge in [-0.1, -0.05) is 0 Å². The highest BCUT2D eigenvalue weighted by atomic mass is 15.2. The van der Waals surface area contributed by atoms with Crippen LogP contribution in [0.1, 0.15) is 25.2 Å². The normalized spacial score (nSPS) is 12.6. The highest BCUT2D eigenvalue weighted by Gasteiger charge is 2.00. The Labute approximate surface area is 105 Å². The quantitative estimate of drug-likeness (QED) is 0.601. The molecule has 0 radical (unpaired) electrons. The van der Waals surface area contributed by atoms with Gasteiger partial charge in [-0.05, 0) is 13.8 Å². The van der Waals surface area contributed by atoms with Crippen molar-refractivity contribution in [1.82, 2.24) is 19.9 Å². The first-order valence-corrected chi connectivity index (χ1v) is 5.39. The van der Waals surface area contributed by atoms with Crippen LogP contribution in [0.4, 0.5) is 0 Å². The van der Waals surface area contributed by atoms with Gasteiger partial charge in [0.15, 0.2) is 0 Å². The van der Waals surface area contributed by atoms with Gasteiger partial charge < -0.3 is 0 Å². The number of hydrogen-bond acceptors (Lipinski definition) is 6. The van der Waals surface area contributed by atoms with Gasteiger partial charge in [-0.2, -0.15) is 10.2 Å². The van der Waals surface area contributed by atoms with Gasteiger partial charge in [-0.3, -0.25) is 19.9 Å². The van der Waals surface area contributed by atoms with Crippen LogP contribution in [0.15, 0.2) is 47.4 Å². The molecule has 2 heterocycles. The van der Waals surface area contributed by atoms with Gasteiger partial charge in [-0.15, -0.1) is 0 Å². The zero-order valence-electron chi connectivity index (χ0n) is 10.1. The fourth-order valence-electron chi connectivity index (χ4n) is 1.22. The van der Waals surface area contributed by atoms with Crippen molar-refractivity contribution in [1.29, 1.82) is 0 Å². The smallest absolute Gasteiger partial charge is 0.104 e. The second-order valence-corrected chi connectivity index (χ2v) is 3.55. The molecular formula is C12H12N6. The van der Waals surface area contributed by atoms with E-state index in [0.29, 0.717) is 22.8 Å². The summed E-state index contributed by atoms with van der Waals surface area (Å²) < 4.78 is 0. The Balaban J connectivity index is 2.20. The van der Waals surface area contributed by atoms with E-state index < -0.39 is 0 Å². The Bertz CT molecular complexity index is 508. The molecular weight excluding hydrogens is 228 g/mol. The second kappa shape index (κ2) is 5.72.